The van der Waals surface area contributed by atoms with Gasteiger partial charge in [0.1, 0.15) is 36.6 Å². The fourth-order valence-corrected chi connectivity index (χ4v) is 10.1. The molecule has 0 aliphatic carbocycles. The fourth-order valence-electron chi connectivity index (χ4n) is 10.1. The quantitative estimate of drug-likeness (QED) is 0.0114. The monoisotopic (exact) mass is 1430 g/mol. The van der Waals surface area contributed by atoms with Crippen LogP contribution in [0.1, 0.15) is 155 Å². The Morgan fingerprint density at radius 3 is 1.00 bits per heavy atom. The molecule has 0 spiro atoms. The maximum absolute atomic E-state index is 14.1. The molecule has 18 nitrogen and oxygen atoms in total. The number of nitrogens with one attached hydrogen (secondary N) is 2. The van der Waals surface area contributed by atoms with Crippen LogP contribution in [0.3, 0.4) is 0 Å². The minimum Gasteiger partial charge on any atom is -0.793 e. The summed E-state index contributed by atoms with van der Waals surface area (Å²) < 4.78 is 26.1. The molecule has 0 fully saturated rings. The number of rotatable bonds is 26. The first-order valence-corrected chi connectivity index (χ1v) is 33.7. The van der Waals surface area contributed by atoms with Crippen LogP contribution < -0.4 is 45.9 Å². The summed E-state index contributed by atoms with van der Waals surface area (Å²) in [4.78, 5) is 100. The Balaban J connectivity index is 0.000000798. The third kappa shape index (κ3) is 33.4. The number of amides is 2. The smallest absolute Gasteiger partial charge is 0.793 e. The van der Waals surface area contributed by atoms with Crippen molar-refractivity contribution in [1.82, 2.24) is 10.6 Å². The molecule has 0 saturated heterocycles. The molecule has 8 rings (SSSR count). The van der Waals surface area contributed by atoms with E-state index in [1.54, 1.807) is 0 Å². The third-order valence-electron chi connectivity index (χ3n) is 15.1. The molecule has 3 radical (unpaired) electrons. The summed E-state index contributed by atoms with van der Waals surface area (Å²) in [6, 6.07) is 77.2. The zero-order valence-electron chi connectivity index (χ0n) is 61.4. The molecule has 549 valence electrons. The van der Waals surface area contributed by atoms with Crippen molar-refractivity contribution < 1.29 is 103 Å². The molecule has 2 amide bonds. The van der Waals surface area contributed by atoms with Crippen LogP contribution in [0.25, 0.3) is 0 Å². The van der Waals surface area contributed by atoms with Gasteiger partial charge in [-0.2, -0.15) is 0 Å². The second-order valence-corrected chi connectivity index (χ2v) is 26.1. The van der Waals surface area contributed by atoms with Crippen LogP contribution in [0, 0.1) is 17.8 Å². The molecule has 8 aromatic rings. The summed E-state index contributed by atoms with van der Waals surface area (Å²) in [7, 11) is 4.32. The molecule has 0 heterocycles. The number of hydrogen-bond donors (Lipinski definition) is 3. The van der Waals surface area contributed by atoms with Gasteiger partial charge in [0.25, 0.3) is 0 Å². The zero-order valence-corrected chi connectivity index (χ0v) is 63.4. The van der Waals surface area contributed by atoms with Crippen molar-refractivity contribution in [2.24, 2.45) is 23.5 Å². The molecule has 0 saturated carbocycles. The Bertz CT molecular complexity index is 3560. The van der Waals surface area contributed by atoms with E-state index in [1.165, 1.54) is 6.92 Å². The predicted octanol–water partition coefficient (Wildman–Crippen LogP) is 11.8. The molecule has 0 aliphatic rings. The van der Waals surface area contributed by atoms with E-state index in [4.69, 9.17) is 24.7 Å². The molecule has 0 aliphatic heterocycles. The Morgan fingerprint density at radius 2 is 0.721 bits per heavy atom. The van der Waals surface area contributed by atoms with E-state index < -0.39 is 46.9 Å². The summed E-state index contributed by atoms with van der Waals surface area (Å²) in [6.45, 7) is 20.9. The van der Waals surface area contributed by atoms with Gasteiger partial charge in [0.2, 0.25) is 17.8 Å². The summed E-state index contributed by atoms with van der Waals surface area (Å²) in [6.07, 6.45) is 1.96. The van der Waals surface area contributed by atoms with E-state index in [2.05, 4.69) is 40.0 Å². The second-order valence-electron chi connectivity index (χ2n) is 26.1. The maximum Gasteiger partial charge on any atom is 1.00 e. The molecule has 0 aromatic heterocycles. The van der Waals surface area contributed by atoms with Crippen LogP contribution in [0.4, 0.5) is 0 Å². The van der Waals surface area contributed by atoms with E-state index in [-0.39, 0.29) is 105 Å². The topological polar surface area (TPSA) is 251 Å². The molecule has 104 heavy (non-hydrogen) atoms. The fraction of sp³-hybridized carbons (Fsp3) is 0.333. The van der Waals surface area contributed by atoms with E-state index in [9.17, 15) is 38.4 Å². The second kappa shape index (κ2) is 47.8. The molecule has 4 N–H and O–H groups in total. The van der Waals surface area contributed by atoms with E-state index >= 15 is 0 Å². The largest absolute Gasteiger partial charge is 1.00 e. The van der Waals surface area contributed by atoms with Crippen LogP contribution in [-0.4, -0.2) is 86.5 Å². The molecule has 0 bridgehead atoms. The number of nitrogens with two attached hydrogens (primary N) is 1. The summed E-state index contributed by atoms with van der Waals surface area (Å²) in [5.74, 6) is -3.67. The van der Waals surface area contributed by atoms with E-state index in [1.807, 2.05) is 291 Å². The number of carbonyl (C=O) groups excluding carboxylic acids is 8. The van der Waals surface area contributed by atoms with Crippen molar-refractivity contribution in [2.45, 2.75) is 151 Å². The molecule has 4 atom stereocenters. The number of esters is 2. The molecular weight excluding hydrogens is 1320 g/mol. The average Bonchev–Trinajstić information content (AvgIpc) is 0.762. The summed E-state index contributed by atoms with van der Waals surface area (Å²) in [5.41, 5.74) is 11.0. The van der Waals surface area contributed by atoms with Crippen LogP contribution >= 0.6 is 0 Å². The molecule has 0 unspecified atom stereocenters. The Labute approximate surface area is 640 Å². The van der Waals surface area contributed by atoms with Gasteiger partial charge in [-0.1, -0.05) is 264 Å². The van der Waals surface area contributed by atoms with Crippen LogP contribution in [0.5, 0.6) is 0 Å². The number of ether oxygens (including phenoxy) is 4. The predicted molar refractivity (Wildman–Crippen MR) is 403 cm³/mol. The normalized spacial score (nSPS) is 11.9. The Morgan fingerprint density at radius 1 is 0.442 bits per heavy atom. The van der Waals surface area contributed by atoms with Gasteiger partial charge >= 0.3 is 53.4 Å². The standard InChI is InChI=1S/C39H45NO4.C30H28N2O3.C8H16O2.C4H6O4.C2H3BO2.CH4.Na.H2/c1-30(28-44-38(2,3)4)25-26-32(37(42)43-29-31-17-9-5-10-18-31)27-36(41)40-39(33-19-11-6-12-20-33,34-21-13-7-14-22-34)35-23-15-8-16-24-35;31-27(29(34)35-22-23-13-5-1-6-14-23)21-28(33)32-30(24-15-7-2-8-16-24,25-17-9-3-10-18-25)26-19-11-4-12-20-26;1-7(5-9)6-10-8(2,3)4;1-3(5)7-8-4(2)6;1-2(4)5-3;;;/h5-24,30,32H,25-29H2,1-4H3,(H,40,41);1-20,27H,21-22,31H2,(H,32,33);5,7H,6H2,1-4H3;1-2H3;1H3;1H4;;1H/q;;;;-1;;+1;/t30-,32+;27-;7-;;;;;/m101...../s1/i;;;;;;;1+1. The number of hydrogen-bond acceptors (Lipinski definition) is 16. The van der Waals surface area contributed by atoms with Gasteiger partial charge in [0.15, 0.2) is 0 Å². The third-order valence-corrected chi connectivity index (χ3v) is 15.1. The Hall–Kier alpha value is -9.34. The molecular formula is C84H104BN3NaO15. The van der Waals surface area contributed by atoms with Gasteiger partial charge in [-0.15, -0.1) is 0 Å². The van der Waals surface area contributed by atoms with Crippen LogP contribution in [0.2, 0.25) is 0 Å². The zero-order chi connectivity index (χ0) is 75.0. The average molecular weight is 1430 g/mol. The number of aldehydes is 1. The molecule has 8 aromatic carbocycles. The van der Waals surface area contributed by atoms with Crippen LogP contribution in [-0.2, 0) is 96.0 Å². The molecule has 20 heteroatoms. The summed E-state index contributed by atoms with van der Waals surface area (Å²) >= 11 is 0. The Kier molecular flexibility index (Phi) is 41.7. The van der Waals surface area contributed by atoms with Gasteiger partial charge in [-0.3, -0.25) is 24.0 Å². The van der Waals surface area contributed by atoms with Gasteiger partial charge in [0.05, 0.1) is 30.1 Å². The number of carbonyl (C=O) groups is 8. The first-order chi connectivity index (χ1) is 48.6. The van der Waals surface area contributed by atoms with Crippen molar-refractivity contribution >= 4 is 56.0 Å². The van der Waals surface area contributed by atoms with E-state index in [0.29, 0.717) is 19.6 Å². The van der Waals surface area contributed by atoms with Gasteiger partial charge in [0, 0.05) is 41.1 Å². The van der Waals surface area contributed by atoms with Crippen molar-refractivity contribution in [3.05, 3.63) is 287 Å². The van der Waals surface area contributed by atoms with Crippen LogP contribution in [0.15, 0.2) is 243 Å². The van der Waals surface area contributed by atoms with Crippen molar-refractivity contribution in [1.29, 1.82) is 0 Å². The maximum atomic E-state index is 14.1. The minimum atomic E-state index is -1.08. The van der Waals surface area contributed by atoms with Crippen molar-refractivity contribution in [3.8, 4) is 0 Å². The first-order valence-electron chi connectivity index (χ1n) is 33.7. The van der Waals surface area contributed by atoms with Crippen molar-refractivity contribution in [3.63, 3.8) is 0 Å². The minimum absolute atomic E-state index is 0. The van der Waals surface area contributed by atoms with Gasteiger partial charge in [-0.25, -0.2) is 19.4 Å². The van der Waals surface area contributed by atoms with Crippen molar-refractivity contribution in [2.75, 3.05) is 13.2 Å². The SMILES string of the molecule is C.CC(=O)OOC(C)=O.C[C@H](C=O)COC(C)(C)C.C[C@H](CC[C@@H](CC(=O)NC(c1ccccc1)(c1ccccc1)c1ccccc1)C(=O)OCc1ccccc1)COC(C)(C)C.N[C@@H](CC(=O)NC(c1ccccc1)(c1ccccc1)c1ccccc1)C(=O)OCc1ccccc1.[2HH].[B-]OC(C)=O.[Na+]. The summed E-state index contributed by atoms with van der Waals surface area (Å²) in [5, 5.41) is 6.61. The van der Waals surface area contributed by atoms with Gasteiger partial charge in [-0.05, 0) is 105 Å². The van der Waals surface area contributed by atoms with Gasteiger partial charge < -0.3 is 52.8 Å². The first kappa shape index (κ1) is 90.7. The van der Waals surface area contributed by atoms with E-state index in [0.717, 1.165) is 71.1 Å². The number of benzene rings is 8.